The van der Waals surface area contributed by atoms with E-state index in [-0.39, 0.29) is 17.2 Å². The Balaban J connectivity index is 2.40. The Morgan fingerprint density at radius 1 is 1.35 bits per heavy atom. The number of halogens is 2. The van der Waals surface area contributed by atoms with Gasteiger partial charge in [-0.15, -0.1) is 0 Å². The van der Waals surface area contributed by atoms with Gasteiger partial charge in [0.25, 0.3) is 0 Å². The number of rotatable bonds is 3. The first-order chi connectivity index (χ1) is 9.16. The van der Waals surface area contributed by atoms with Crippen molar-refractivity contribution in [1.29, 1.82) is 0 Å². The largest absolute Gasteiger partial charge is 0.369 e. The van der Waals surface area contributed by atoms with Crippen molar-refractivity contribution in [2.75, 3.05) is 7.05 Å². The van der Waals surface area contributed by atoms with Crippen molar-refractivity contribution in [2.24, 2.45) is 5.92 Å². The van der Waals surface area contributed by atoms with Crippen LogP contribution in [0.3, 0.4) is 0 Å². The van der Waals surface area contributed by atoms with E-state index in [0.29, 0.717) is 5.92 Å². The number of hydrogen-bond acceptors (Lipinski definition) is 2. The molecule has 0 saturated carbocycles. The van der Waals surface area contributed by atoms with Gasteiger partial charge in [-0.3, -0.25) is 0 Å². The first-order valence-electron chi connectivity index (χ1n) is 6.99. The third-order valence-electron chi connectivity index (χ3n) is 4.15. The topological polar surface area (TPSA) is 21.3 Å². The summed E-state index contributed by atoms with van der Waals surface area (Å²) in [6.07, 6.45) is 1.01. The number of benzene rings is 1. The van der Waals surface area contributed by atoms with Crippen LogP contribution in [0, 0.1) is 5.92 Å². The lowest BCUT2D eigenvalue weighted by molar-refractivity contribution is -0.0776. The van der Waals surface area contributed by atoms with Crippen LogP contribution in [0.4, 0.5) is 0 Å². The molecule has 20 heavy (non-hydrogen) atoms. The minimum Gasteiger partial charge on any atom is -0.369 e. The lowest BCUT2D eigenvalue weighted by Gasteiger charge is -2.33. The molecule has 0 radical (unpaired) electrons. The van der Waals surface area contributed by atoms with E-state index in [9.17, 15) is 0 Å². The van der Waals surface area contributed by atoms with Gasteiger partial charge in [-0.05, 0) is 64.9 Å². The van der Waals surface area contributed by atoms with Crippen molar-refractivity contribution in [3.8, 4) is 0 Å². The predicted octanol–water partition coefficient (Wildman–Crippen LogP) is 4.96. The first-order valence-corrected chi connectivity index (χ1v) is 8.16. The van der Waals surface area contributed by atoms with E-state index in [0.717, 1.165) is 21.5 Å². The lowest BCUT2D eigenvalue weighted by Crippen LogP contribution is -2.37. The second-order valence-corrected chi connectivity index (χ2v) is 8.03. The molecule has 1 aromatic carbocycles. The van der Waals surface area contributed by atoms with Crippen LogP contribution in [0.25, 0.3) is 0 Å². The Morgan fingerprint density at radius 3 is 2.50 bits per heavy atom. The summed E-state index contributed by atoms with van der Waals surface area (Å²) in [6, 6.07) is 6.19. The molecule has 0 spiro atoms. The summed E-state index contributed by atoms with van der Waals surface area (Å²) in [5, 5.41) is 4.24. The van der Waals surface area contributed by atoms with Crippen LogP contribution in [-0.4, -0.2) is 18.2 Å². The first kappa shape index (κ1) is 16.3. The fourth-order valence-corrected chi connectivity index (χ4v) is 4.06. The maximum Gasteiger partial charge on any atom is 0.0681 e. The molecule has 112 valence electrons. The zero-order chi connectivity index (χ0) is 15.1. The molecule has 0 aromatic heterocycles. The van der Waals surface area contributed by atoms with Crippen molar-refractivity contribution < 1.29 is 4.74 Å². The standard InChI is InChI=1S/C16H23BrClNO/c1-15(2)9-12(16(3,4)20-15)14(19-5)11-8-10(17)6-7-13(11)18/h6-8,12,14,19H,9H2,1-5H3. The van der Waals surface area contributed by atoms with Gasteiger partial charge in [-0.1, -0.05) is 27.5 Å². The van der Waals surface area contributed by atoms with E-state index >= 15 is 0 Å². The lowest BCUT2D eigenvalue weighted by atomic mass is 9.79. The molecule has 1 aliphatic heterocycles. The second-order valence-electron chi connectivity index (χ2n) is 6.71. The Hall–Kier alpha value is -0.0900. The minimum absolute atomic E-state index is 0.0955. The van der Waals surface area contributed by atoms with Crippen LogP contribution < -0.4 is 5.32 Å². The van der Waals surface area contributed by atoms with Gasteiger partial charge in [0.05, 0.1) is 11.2 Å². The van der Waals surface area contributed by atoms with Crippen molar-refractivity contribution in [3.63, 3.8) is 0 Å². The molecule has 0 bridgehead atoms. The molecule has 1 aliphatic rings. The van der Waals surface area contributed by atoms with Gasteiger partial charge in [0, 0.05) is 21.5 Å². The molecule has 4 heteroatoms. The van der Waals surface area contributed by atoms with Gasteiger partial charge in [-0.25, -0.2) is 0 Å². The van der Waals surface area contributed by atoms with Gasteiger partial charge >= 0.3 is 0 Å². The molecule has 1 heterocycles. The Bertz CT molecular complexity index is 501. The molecule has 0 amide bonds. The molecule has 2 unspecified atom stereocenters. The quantitative estimate of drug-likeness (QED) is 0.823. The fourth-order valence-electron chi connectivity index (χ4n) is 3.45. The molecule has 0 aliphatic carbocycles. The highest BCUT2D eigenvalue weighted by Crippen LogP contribution is 2.48. The Labute approximate surface area is 135 Å². The summed E-state index contributed by atoms with van der Waals surface area (Å²) in [4.78, 5) is 0. The maximum atomic E-state index is 6.41. The van der Waals surface area contributed by atoms with Crippen molar-refractivity contribution >= 4 is 27.5 Å². The average Bonchev–Trinajstić information content (AvgIpc) is 2.53. The fraction of sp³-hybridized carbons (Fsp3) is 0.625. The molecule has 1 saturated heterocycles. The van der Waals surface area contributed by atoms with Crippen LogP contribution in [0.5, 0.6) is 0 Å². The number of nitrogens with one attached hydrogen (secondary N) is 1. The third-order valence-corrected chi connectivity index (χ3v) is 4.99. The van der Waals surface area contributed by atoms with Crippen molar-refractivity contribution in [1.82, 2.24) is 5.32 Å². The van der Waals surface area contributed by atoms with Crippen LogP contribution >= 0.6 is 27.5 Å². The zero-order valence-electron chi connectivity index (χ0n) is 12.8. The van der Waals surface area contributed by atoms with E-state index in [2.05, 4.69) is 55.0 Å². The number of hydrogen-bond donors (Lipinski definition) is 1. The summed E-state index contributed by atoms with van der Waals surface area (Å²) < 4.78 is 7.28. The van der Waals surface area contributed by atoms with E-state index in [4.69, 9.17) is 16.3 Å². The summed E-state index contributed by atoms with van der Waals surface area (Å²) in [6.45, 7) is 8.65. The van der Waals surface area contributed by atoms with Gasteiger partial charge in [0.15, 0.2) is 0 Å². The molecular formula is C16H23BrClNO. The zero-order valence-corrected chi connectivity index (χ0v) is 15.1. The Morgan fingerprint density at radius 2 is 2.00 bits per heavy atom. The van der Waals surface area contributed by atoms with Gasteiger partial charge in [0.1, 0.15) is 0 Å². The predicted molar refractivity (Wildman–Crippen MR) is 88.3 cm³/mol. The van der Waals surface area contributed by atoms with Crippen molar-refractivity contribution in [3.05, 3.63) is 33.3 Å². The SMILES string of the molecule is CNC(c1cc(Br)ccc1Cl)C1CC(C)(C)OC1(C)C. The van der Waals surface area contributed by atoms with Crippen LogP contribution in [0.1, 0.15) is 45.7 Å². The maximum absolute atomic E-state index is 6.41. The normalized spacial score (nSPS) is 25.6. The highest BCUT2D eigenvalue weighted by Gasteiger charge is 2.49. The molecule has 1 fully saturated rings. The number of ether oxygens (including phenoxy) is 1. The third kappa shape index (κ3) is 3.22. The molecule has 2 nitrogen and oxygen atoms in total. The van der Waals surface area contributed by atoms with Gasteiger partial charge in [-0.2, -0.15) is 0 Å². The molecule has 2 atom stereocenters. The monoisotopic (exact) mass is 359 g/mol. The van der Waals surface area contributed by atoms with E-state index in [1.807, 2.05) is 19.2 Å². The summed E-state index contributed by atoms with van der Waals surface area (Å²) in [5.74, 6) is 0.370. The second kappa shape index (κ2) is 5.60. The van der Waals surface area contributed by atoms with Crippen molar-refractivity contribution in [2.45, 2.75) is 51.4 Å². The summed E-state index contributed by atoms with van der Waals surface area (Å²) >= 11 is 9.95. The van der Waals surface area contributed by atoms with E-state index in [1.54, 1.807) is 0 Å². The summed E-state index contributed by atoms with van der Waals surface area (Å²) in [7, 11) is 1.99. The minimum atomic E-state index is -0.178. The highest BCUT2D eigenvalue weighted by atomic mass is 79.9. The van der Waals surface area contributed by atoms with E-state index < -0.39 is 0 Å². The molecule has 1 N–H and O–H groups in total. The van der Waals surface area contributed by atoms with Crippen LogP contribution in [0.2, 0.25) is 5.02 Å². The average molecular weight is 361 g/mol. The summed E-state index contributed by atoms with van der Waals surface area (Å²) in [5.41, 5.74) is 0.854. The van der Waals surface area contributed by atoms with Crippen LogP contribution in [0.15, 0.2) is 22.7 Å². The Kier molecular flexibility index (Phi) is 4.56. The van der Waals surface area contributed by atoms with Gasteiger partial charge in [0.2, 0.25) is 0 Å². The molecular weight excluding hydrogens is 338 g/mol. The van der Waals surface area contributed by atoms with E-state index in [1.165, 1.54) is 0 Å². The van der Waals surface area contributed by atoms with Gasteiger partial charge < -0.3 is 10.1 Å². The smallest absolute Gasteiger partial charge is 0.0681 e. The highest BCUT2D eigenvalue weighted by molar-refractivity contribution is 9.10. The molecule has 2 rings (SSSR count). The molecule has 1 aromatic rings. The van der Waals surface area contributed by atoms with Crippen LogP contribution in [-0.2, 0) is 4.74 Å².